The molecule has 1 aliphatic heterocycles. The van der Waals surface area contributed by atoms with E-state index in [-0.39, 0.29) is 6.10 Å². The van der Waals surface area contributed by atoms with Crippen LogP contribution in [0.3, 0.4) is 0 Å². The van der Waals surface area contributed by atoms with Gasteiger partial charge in [-0.25, -0.2) is 4.98 Å². The van der Waals surface area contributed by atoms with E-state index in [1.54, 1.807) is 0 Å². The summed E-state index contributed by atoms with van der Waals surface area (Å²) in [7, 11) is 0. The van der Waals surface area contributed by atoms with Gasteiger partial charge in [0.05, 0.1) is 0 Å². The van der Waals surface area contributed by atoms with Gasteiger partial charge in [0.2, 0.25) is 0 Å². The summed E-state index contributed by atoms with van der Waals surface area (Å²) >= 11 is 0. The molecule has 1 atom stereocenters. The van der Waals surface area contributed by atoms with E-state index in [0.29, 0.717) is 5.92 Å². The fraction of sp³-hybridized carbons (Fsp3) is 0.800. The predicted molar refractivity (Wildman–Crippen MR) is 50.9 cm³/mol. The Morgan fingerprint density at radius 1 is 1.21 bits per heavy atom. The molecule has 2 heterocycles. The number of rotatable bonds is 2. The van der Waals surface area contributed by atoms with Crippen LogP contribution in [0.4, 0.5) is 0 Å². The summed E-state index contributed by atoms with van der Waals surface area (Å²) < 4.78 is 5.64. The number of hydrogen-bond donors (Lipinski definition) is 1. The average Bonchev–Trinajstić information content (AvgIpc) is 2.98. The second-order valence-corrected chi connectivity index (χ2v) is 4.21. The van der Waals surface area contributed by atoms with E-state index in [1.807, 2.05) is 0 Å². The minimum absolute atomic E-state index is 0.170. The number of aromatic nitrogens is 3. The molecule has 4 heteroatoms. The third-order valence-corrected chi connectivity index (χ3v) is 2.95. The molecule has 1 N–H and O–H groups in total. The third-order valence-electron chi connectivity index (χ3n) is 2.95. The van der Waals surface area contributed by atoms with Gasteiger partial charge in [-0.15, -0.1) is 0 Å². The minimum atomic E-state index is 0.170. The highest BCUT2D eigenvalue weighted by atomic mass is 16.5. The molecule has 1 aromatic rings. The predicted octanol–water partition coefficient (Wildman–Crippen LogP) is 1.92. The Labute approximate surface area is 83.1 Å². The lowest BCUT2D eigenvalue weighted by Gasteiger charge is -2.19. The molecule has 1 unspecified atom stereocenters. The van der Waals surface area contributed by atoms with E-state index in [4.69, 9.17) is 4.74 Å². The van der Waals surface area contributed by atoms with E-state index in [0.717, 1.165) is 24.7 Å². The number of ether oxygens (including phenoxy) is 1. The van der Waals surface area contributed by atoms with Crippen molar-refractivity contribution in [2.24, 2.45) is 0 Å². The molecule has 0 amide bonds. The lowest BCUT2D eigenvalue weighted by atomic mass is 10.1. The maximum absolute atomic E-state index is 5.64. The van der Waals surface area contributed by atoms with Crippen LogP contribution in [0.5, 0.6) is 0 Å². The van der Waals surface area contributed by atoms with Crippen LogP contribution < -0.4 is 0 Å². The Kier molecular flexibility index (Phi) is 2.01. The molecule has 3 rings (SSSR count). The number of nitrogens with one attached hydrogen (secondary N) is 1. The standard InChI is InChI=1S/C10H15N3O/c1-2-6-14-8(3-1)10-11-9(12-13-10)7-4-5-7/h7-8H,1-6H2,(H,11,12,13). The van der Waals surface area contributed by atoms with Crippen molar-refractivity contribution in [3.8, 4) is 0 Å². The van der Waals surface area contributed by atoms with Crippen molar-refractivity contribution in [1.82, 2.24) is 15.2 Å². The van der Waals surface area contributed by atoms with Gasteiger partial charge >= 0.3 is 0 Å². The van der Waals surface area contributed by atoms with Gasteiger partial charge in [0.1, 0.15) is 6.10 Å². The van der Waals surface area contributed by atoms with Crippen LogP contribution in [-0.2, 0) is 4.74 Å². The zero-order chi connectivity index (χ0) is 9.38. The number of nitrogens with zero attached hydrogens (tertiary/aromatic N) is 2. The Bertz CT molecular complexity index is 313. The second-order valence-electron chi connectivity index (χ2n) is 4.21. The average molecular weight is 193 g/mol. The Morgan fingerprint density at radius 2 is 2.14 bits per heavy atom. The first-order valence-electron chi connectivity index (χ1n) is 5.47. The normalized spacial score (nSPS) is 27.9. The van der Waals surface area contributed by atoms with E-state index >= 15 is 0 Å². The lowest BCUT2D eigenvalue weighted by molar-refractivity contribution is 0.00963. The summed E-state index contributed by atoms with van der Waals surface area (Å²) in [6.07, 6.45) is 6.18. The monoisotopic (exact) mass is 193 g/mol. The molecular formula is C10H15N3O. The first kappa shape index (κ1) is 8.41. The molecular weight excluding hydrogens is 178 g/mol. The number of H-pyrrole nitrogens is 1. The molecule has 0 radical (unpaired) electrons. The Morgan fingerprint density at radius 3 is 2.86 bits per heavy atom. The van der Waals surface area contributed by atoms with Crippen molar-refractivity contribution in [3.63, 3.8) is 0 Å². The molecule has 1 saturated carbocycles. The smallest absolute Gasteiger partial charge is 0.153 e. The summed E-state index contributed by atoms with van der Waals surface area (Å²) in [5.74, 6) is 2.56. The van der Waals surface area contributed by atoms with Crippen molar-refractivity contribution < 1.29 is 4.74 Å². The van der Waals surface area contributed by atoms with Crippen molar-refractivity contribution in [2.45, 2.75) is 44.1 Å². The van der Waals surface area contributed by atoms with E-state index in [2.05, 4.69) is 15.2 Å². The fourth-order valence-electron chi connectivity index (χ4n) is 1.91. The van der Waals surface area contributed by atoms with Gasteiger partial charge in [0.15, 0.2) is 11.6 Å². The third kappa shape index (κ3) is 1.54. The van der Waals surface area contributed by atoms with Gasteiger partial charge in [-0.1, -0.05) is 0 Å². The maximum Gasteiger partial charge on any atom is 0.153 e. The Hall–Kier alpha value is -0.900. The van der Waals surface area contributed by atoms with Crippen molar-refractivity contribution in [2.75, 3.05) is 6.61 Å². The van der Waals surface area contributed by atoms with Gasteiger partial charge < -0.3 is 4.74 Å². The minimum Gasteiger partial charge on any atom is -0.370 e. The van der Waals surface area contributed by atoms with Gasteiger partial charge in [0, 0.05) is 12.5 Å². The topological polar surface area (TPSA) is 50.8 Å². The molecule has 0 bridgehead atoms. The molecule has 76 valence electrons. The SMILES string of the molecule is C1CCC(c2nc(C3CC3)n[nH]2)OC1. The van der Waals surface area contributed by atoms with E-state index in [1.165, 1.54) is 25.7 Å². The summed E-state index contributed by atoms with van der Waals surface area (Å²) in [6.45, 7) is 0.865. The highest BCUT2D eigenvalue weighted by Gasteiger charge is 2.29. The van der Waals surface area contributed by atoms with Crippen LogP contribution >= 0.6 is 0 Å². The summed E-state index contributed by atoms with van der Waals surface area (Å²) in [6, 6.07) is 0. The van der Waals surface area contributed by atoms with Crippen molar-refractivity contribution >= 4 is 0 Å². The van der Waals surface area contributed by atoms with Crippen LogP contribution in [0.15, 0.2) is 0 Å². The van der Waals surface area contributed by atoms with Gasteiger partial charge in [0.25, 0.3) is 0 Å². The van der Waals surface area contributed by atoms with Crippen LogP contribution in [0.25, 0.3) is 0 Å². The zero-order valence-electron chi connectivity index (χ0n) is 8.20. The second kappa shape index (κ2) is 3.35. The quantitative estimate of drug-likeness (QED) is 0.780. The number of hydrogen-bond acceptors (Lipinski definition) is 3. The molecule has 14 heavy (non-hydrogen) atoms. The van der Waals surface area contributed by atoms with Crippen LogP contribution in [-0.4, -0.2) is 21.8 Å². The molecule has 2 fully saturated rings. The van der Waals surface area contributed by atoms with Crippen LogP contribution in [0.2, 0.25) is 0 Å². The van der Waals surface area contributed by atoms with Gasteiger partial charge in [-0.05, 0) is 32.1 Å². The Balaban J connectivity index is 1.74. The molecule has 0 spiro atoms. The van der Waals surface area contributed by atoms with E-state index in [9.17, 15) is 0 Å². The largest absolute Gasteiger partial charge is 0.370 e. The summed E-state index contributed by atoms with van der Waals surface area (Å²) in [4.78, 5) is 4.50. The molecule has 0 aromatic carbocycles. The van der Waals surface area contributed by atoms with Crippen LogP contribution in [0.1, 0.15) is 55.8 Å². The molecule has 2 aliphatic rings. The zero-order valence-corrected chi connectivity index (χ0v) is 8.20. The summed E-state index contributed by atoms with van der Waals surface area (Å²) in [5.41, 5.74) is 0. The highest BCUT2D eigenvalue weighted by Crippen LogP contribution is 2.38. The highest BCUT2D eigenvalue weighted by molar-refractivity contribution is 5.06. The molecule has 1 saturated heterocycles. The van der Waals surface area contributed by atoms with Gasteiger partial charge in [-0.2, -0.15) is 5.10 Å². The summed E-state index contributed by atoms with van der Waals surface area (Å²) in [5, 5.41) is 7.25. The van der Waals surface area contributed by atoms with Gasteiger partial charge in [-0.3, -0.25) is 5.10 Å². The van der Waals surface area contributed by atoms with Crippen LogP contribution in [0, 0.1) is 0 Å². The molecule has 1 aromatic heterocycles. The molecule has 1 aliphatic carbocycles. The lowest BCUT2D eigenvalue weighted by Crippen LogP contribution is -2.12. The van der Waals surface area contributed by atoms with Crippen molar-refractivity contribution in [1.29, 1.82) is 0 Å². The number of aromatic amines is 1. The first-order valence-corrected chi connectivity index (χ1v) is 5.47. The first-order chi connectivity index (χ1) is 6.93. The molecule has 4 nitrogen and oxygen atoms in total. The van der Waals surface area contributed by atoms with Crippen molar-refractivity contribution in [3.05, 3.63) is 11.6 Å². The maximum atomic E-state index is 5.64. The van der Waals surface area contributed by atoms with E-state index < -0.39 is 0 Å². The fourth-order valence-corrected chi connectivity index (χ4v) is 1.91.